The molecule has 150 valence electrons. The first-order valence-corrected chi connectivity index (χ1v) is 9.39. The molecule has 0 aliphatic heterocycles. The zero-order valence-corrected chi connectivity index (χ0v) is 16.6. The van der Waals surface area contributed by atoms with E-state index in [-0.39, 0.29) is 12.5 Å². The Morgan fingerprint density at radius 3 is 2.59 bits per heavy atom. The van der Waals surface area contributed by atoms with Crippen LogP contribution in [-0.4, -0.2) is 40.6 Å². The van der Waals surface area contributed by atoms with Crippen molar-refractivity contribution in [3.05, 3.63) is 65.6 Å². The zero-order valence-electron chi connectivity index (χ0n) is 15.9. The minimum absolute atomic E-state index is 0.0631. The van der Waals surface area contributed by atoms with Crippen molar-refractivity contribution in [1.29, 1.82) is 0 Å². The molecule has 8 nitrogen and oxygen atoms in total. The molecule has 0 fully saturated rings. The Morgan fingerprint density at radius 1 is 1.03 bits per heavy atom. The second-order valence-corrected chi connectivity index (χ2v) is 6.48. The number of aromatic nitrogens is 3. The highest BCUT2D eigenvalue weighted by Gasteiger charge is 2.05. The number of ether oxygens (including phenoxy) is 1. The van der Waals surface area contributed by atoms with Gasteiger partial charge in [0.25, 0.3) is 5.91 Å². The van der Waals surface area contributed by atoms with Gasteiger partial charge in [-0.25, -0.2) is 15.0 Å². The molecule has 2 aromatic heterocycles. The van der Waals surface area contributed by atoms with E-state index >= 15 is 0 Å². The summed E-state index contributed by atoms with van der Waals surface area (Å²) in [5.41, 5.74) is 0. The third kappa shape index (κ3) is 6.93. The van der Waals surface area contributed by atoms with Gasteiger partial charge in [-0.15, -0.1) is 0 Å². The maximum Gasteiger partial charge on any atom is 0.258 e. The lowest BCUT2D eigenvalue weighted by Gasteiger charge is -2.11. The van der Waals surface area contributed by atoms with Crippen LogP contribution in [0.25, 0.3) is 0 Å². The number of carbonyl (C=O) groups is 1. The number of hydrogen-bond acceptors (Lipinski definition) is 7. The first-order valence-electron chi connectivity index (χ1n) is 9.01. The lowest BCUT2D eigenvalue weighted by atomic mass is 10.3. The summed E-state index contributed by atoms with van der Waals surface area (Å²) in [6.45, 7) is 2.68. The van der Waals surface area contributed by atoms with Gasteiger partial charge >= 0.3 is 0 Å². The summed E-state index contributed by atoms with van der Waals surface area (Å²) in [6, 6.07) is 14.2. The molecule has 0 aliphatic carbocycles. The van der Waals surface area contributed by atoms with Gasteiger partial charge in [0, 0.05) is 30.4 Å². The quantitative estimate of drug-likeness (QED) is 0.464. The van der Waals surface area contributed by atoms with E-state index in [4.69, 9.17) is 16.3 Å². The molecule has 3 N–H and O–H groups in total. The van der Waals surface area contributed by atoms with Crippen LogP contribution in [0.4, 0.5) is 17.5 Å². The van der Waals surface area contributed by atoms with Crippen molar-refractivity contribution < 1.29 is 9.53 Å². The molecule has 3 aromatic rings. The van der Waals surface area contributed by atoms with Crippen LogP contribution in [0.1, 0.15) is 5.82 Å². The number of amides is 1. The van der Waals surface area contributed by atoms with Crippen molar-refractivity contribution in [2.24, 2.45) is 0 Å². The molecular formula is C20H21ClN6O2. The molecule has 3 rings (SSSR count). The van der Waals surface area contributed by atoms with Gasteiger partial charge in [-0.3, -0.25) is 4.79 Å². The maximum atomic E-state index is 11.9. The fourth-order valence-electron chi connectivity index (χ4n) is 2.41. The average molecular weight is 413 g/mol. The van der Waals surface area contributed by atoms with Crippen molar-refractivity contribution in [3.63, 3.8) is 0 Å². The molecule has 9 heteroatoms. The summed E-state index contributed by atoms with van der Waals surface area (Å²) >= 11 is 5.81. The Kier molecular flexibility index (Phi) is 7.18. The lowest BCUT2D eigenvalue weighted by Crippen LogP contribution is -2.32. The van der Waals surface area contributed by atoms with Crippen LogP contribution in [0.3, 0.4) is 0 Å². The predicted octanol–water partition coefficient (Wildman–Crippen LogP) is 3.18. The molecule has 2 heterocycles. The molecule has 1 aromatic carbocycles. The largest absolute Gasteiger partial charge is 0.484 e. The number of hydrogen-bond donors (Lipinski definition) is 3. The van der Waals surface area contributed by atoms with E-state index in [0.717, 1.165) is 0 Å². The van der Waals surface area contributed by atoms with Crippen LogP contribution >= 0.6 is 11.6 Å². The highest BCUT2D eigenvalue weighted by atomic mass is 35.5. The Labute approximate surface area is 173 Å². The summed E-state index contributed by atoms with van der Waals surface area (Å²) in [5.74, 6) is 2.99. The number of nitrogens with one attached hydrogen (secondary N) is 3. The SMILES string of the molecule is Cc1nc(NCCNC(=O)COc2ccc(Cl)cc2)cc(Nc2ccccn2)n1. The normalized spacial score (nSPS) is 10.3. The Morgan fingerprint density at radius 2 is 1.83 bits per heavy atom. The van der Waals surface area contributed by atoms with Crippen LogP contribution in [-0.2, 0) is 4.79 Å². The molecule has 0 bridgehead atoms. The number of carbonyl (C=O) groups excluding carboxylic acids is 1. The predicted molar refractivity (Wildman–Crippen MR) is 113 cm³/mol. The summed E-state index contributed by atoms with van der Waals surface area (Å²) in [7, 11) is 0. The van der Waals surface area contributed by atoms with Gasteiger partial charge in [0.1, 0.15) is 29.0 Å². The van der Waals surface area contributed by atoms with Gasteiger partial charge in [-0.1, -0.05) is 17.7 Å². The molecule has 0 unspecified atom stereocenters. The summed E-state index contributed by atoms with van der Waals surface area (Å²) in [4.78, 5) is 24.8. The van der Waals surface area contributed by atoms with Gasteiger partial charge in [0.05, 0.1) is 0 Å². The lowest BCUT2D eigenvalue weighted by molar-refractivity contribution is -0.123. The highest BCUT2D eigenvalue weighted by molar-refractivity contribution is 6.30. The monoisotopic (exact) mass is 412 g/mol. The number of pyridine rings is 1. The van der Waals surface area contributed by atoms with E-state index in [1.165, 1.54) is 0 Å². The van der Waals surface area contributed by atoms with Gasteiger partial charge in [-0.05, 0) is 43.3 Å². The van der Waals surface area contributed by atoms with E-state index in [1.54, 1.807) is 36.5 Å². The zero-order chi connectivity index (χ0) is 20.5. The third-order valence-electron chi connectivity index (χ3n) is 3.70. The molecule has 1 amide bonds. The molecule has 0 spiro atoms. The van der Waals surface area contributed by atoms with E-state index in [2.05, 4.69) is 30.9 Å². The average Bonchev–Trinajstić information content (AvgIpc) is 2.71. The number of anilines is 3. The molecule has 0 atom stereocenters. The number of aryl methyl sites for hydroxylation is 1. The molecule has 0 radical (unpaired) electrons. The first-order chi connectivity index (χ1) is 14.1. The summed E-state index contributed by atoms with van der Waals surface area (Å²) in [5, 5.41) is 9.70. The van der Waals surface area contributed by atoms with Gasteiger partial charge in [0.15, 0.2) is 6.61 Å². The van der Waals surface area contributed by atoms with Crippen LogP contribution in [0.2, 0.25) is 5.02 Å². The minimum atomic E-state index is -0.210. The van der Waals surface area contributed by atoms with E-state index in [9.17, 15) is 4.79 Å². The second kappa shape index (κ2) is 10.2. The number of halogens is 1. The van der Waals surface area contributed by atoms with E-state index in [0.29, 0.717) is 47.1 Å². The fourth-order valence-corrected chi connectivity index (χ4v) is 2.54. The first kappa shape index (κ1) is 20.3. The van der Waals surface area contributed by atoms with E-state index in [1.807, 2.05) is 25.1 Å². The van der Waals surface area contributed by atoms with Crippen LogP contribution < -0.4 is 20.7 Å². The van der Waals surface area contributed by atoms with Crippen LogP contribution in [0.15, 0.2) is 54.7 Å². The Hall–Kier alpha value is -3.39. The molecule has 0 saturated heterocycles. The summed E-state index contributed by atoms with van der Waals surface area (Å²) < 4.78 is 5.40. The van der Waals surface area contributed by atoms with Crippen LogP contribution in [0.5, 0.6) is 5.75 Å². The van der Waals surface area contributed by atoms with Gasteiger partial charge in [-0.2, -0.15) is 0 Å². The molecular weight excluding hydrogens is 392 g/mol. The second-order valence-electron chi connectivity index (χ2n) is 6.04. The standard InChI is InChI=1S/C20H21ClN6O2/c1-14-25-18(12-19(26-14)27-17-4-2-3-9-22-17)23-10-11-24-20(28)13-29-16-7-5-15(21)6-8-16/h2-9,12H,10-11,13H2,1H3,(H,24,28)(H2,22,23,25,26,27). The minimum Gasteiger partial charge on any atom is -0.484 e. The van der Waals surface area contributed by atoms with Crippen molar-refractivity contribution in [1.82, 2.24) is 20.3 Å². The molecule has 0 aliphatic rings. The topological polar surface area (TPSA) is 101 Å². The third-order valence-corrected chi connectivity index (χ3v) is 3.95. The van der Waals surface area contributed by atoms with Crippen molar-refractivity contribution >= 4 is 35.0 Å². The van der Waals surface area contributed by atoms with Crippen LogP contribution in [0, 0.1) is 6.92 Å². The number of benzene rings is 1. The Balaban J connectivity index is 1.41. The van der Waals surface area contributed by atoms with Gasteiger partial charge < -0.3 is 20.7 Å². The molecule has 29 heavy (non-hydrogen) atoms. The maximum absolute atomic E-state index is 11.9. The highest BCUT2D eigenvalue weighted by Crippen LogP contribution is 2.16. The fraction of sp³-hybridized carbons (Fsp3) is 0.200. The van der Waals surface area contributed by atoms with Gasteiger partial charge in [0.2, 0.25) is 0 Å². The van der Waals surface area contributed by atoms with Crippen molar-refractivity contribution in [3.8, 4) is 5.75 Å². The number of rotatable bonds is 9. The van der Waals surface area contributed by atoms with Crippen molar-refractivity contribution in [2.75, 3.05) is 30.3 Å². The summed E-state index contributed by atoms with van der Waals surface area (Å²) in [6.07, 6.45) is 1.70. The Bertz CT molecular complexity index is 937. The number of nitrogens with zero attached hydrogens (tertiary/aromatic N) is 3. The van der Waals surface area contributed by atoms with Crippen molar-refractivity contribution in [2.45, 2.75) is 6.92 Å². The smallest absolute Gasteiger partial charge is 0.258 e. The molecule has 0 saturated carbocycles. The van der Waals surface area contributed by atoms with E-state index < -0.39 is 0 Å².